The summed E-state index contributed by atoms with van der Waals surface area (Å²) in [6, 6.07) is 0. The minimum atomic E-state index is -2.66. The molecule has 0 saturated heterocycles. The minimum Gasteiger partial charge on any atom is -0.423 e. The second-order valence-electron chi connectivity index (χ2n) is 1.08. The number of nitrogens with zero attached hydrogens (tertiary/aromatic N) is 2. The normalized spacial score (nSPS) is 9.22. The Bertz CT molecular complexity index is 155. The van der Waals surface area contributed by atoms with Crippen LogP contribution in [0.1, 0.15) is 12.3 Å². The predicted molar refractivity (Wildman–Crippen MR) is 26.5 cm³/mol. The largest absolute Gasteiger partial charge is 0.423 e. The Hall–Kier alpha value is -0.710. The van der Waals surface area contributed by atoms with Crippen LogP contribution >= 0.6 is 12.4 Å². The Morgan fingerprint density at radius 3 is 2.44 bits per heavy atom. The fraction of sp³-hybridized carbons (Fsp3) is 0.333. The number of hydrogen-bond donors (Lipinski definition) is 0. The van der Waals surface area contributed by atoms with Crippen LogP contribution < -0.4 is 0 Å². The van der Waals surface area contributed by atoms with Gasteiger partial charge in [0.1, 0.15) is 0 Å². The van der Waals surface area contributed by atoms with E-state index in [0.717, 1.165) is 6.39 Å². The molecule has 0 atom stereocenters. The SMILES string of the molecule is Cl.FC(F)c1nnco1. The van der Waals surface area contributed by atoms with Crippen molar-refractivity contribution in [2.24, 2.45) is 0 Å². The van der Waals surface area contributed by atoms with Crippen molar-refractivity contribution in [1.82, 2.24) is 10.2 Å². The molecule has 9 heavy (non-hydrogen) atoms. The molecule has 3 nitrogen and oxygen atoms in total. The van der Waals surface area contributed by atoms with Crippen molar-refractivity contribution in [3.63, 3.8) is 0 Å². The second kappa shape index (κ2) is 3.34. The molecule has 0 unspecified atom stereocenters. The maximum absolute atomic E-state index is 11.4. The molecule has 1 aromatic rings. The van der Waals surface area contributed by atoms with Crippen molar-refractivity contribution in [2.75, 3.05) is 0 Å². The number of hydrogen-bond acceptors (Lipinski definition) is 3. The zero-order valence-electron chi connectivity index (χ0n) is 4.12. The van der Waals surface area contributed by atoms with Crippen LogP contribution in [-0.2, 0) is 0 Å². The molecule has 1 heterocycles. The van der Waals surface area contributed by atoms with Gasteiger partial charge >= 0.3 is 6.43 Å². The molecule has 0 aromatic carbocycles. The van der Waals surface area contributed by atoms with Crippen molar-refractivity contribution in [1.29, 1.82) is 0 Å². The summed E-state index contributed by atoms with van der Waals surface area (Å²) in [5.41, 5.74) is 0. The fourth-order valence-corrected chi connectivity index (χ4v) is 0.277. The van der Waals surface area contributed by atoms with Gasteiger partial charge in [0.05, 0.1) is 0 Å². The van der Waals surface area contributed by atoms with E-state index in [2.05, 4.69) is 14.6 Å². The standard InChI is InChI=1S/C3H2F2N2O.ClH/c4-2(5)3-7-6-1-8-3;/h1-2H;1H. The zero-order chi connectivity index (χ0) is 5.98. The van der Waals surface area contributed by atoms with Gasteiger partial charge in [0, 0.05) is 0 Å². The van der Waals surface area contributed by atoms with E-state index in [9.17, 15) is 8.78 Å². The highest BCUT2D eigenvalue weighted by atomic mass is 35.5. The summed E-state index contributed by atoms with van der Waals surface area (Å²) >= 11 is 0. The summed E-state index contributed by atoms with van der Waals surface area (Å²) in [6.07, 6.45) is -1.79. The highest BCUT2D eigenvalue weighted by Gasteiger charge is 2.11. The van der Waals surface area contributed by atoms with Crippen LogP contribution in [0.2, 0.25) is 0 Å². The van der Waals surface area contributed by atoms with E-state index < -0.39 is 12.3 Å². The number of rotatable bonds is 1. The summed E-state index contributed by atoms with van der Waals surface area (Å²) in [4.78, 5) is 0. The van der Waals surface area contributed by atoms with Crippen molar-refractivity contribution in [3.8, 4) is 0 Å². The molecule has 6 heteroatoms. The highest BCUT2D eigenvalue weighted by Crippen LogP contribution is 2.13. The van der Waals surface area contributed by atoms with E-state index in [-0.39, 0.29) is 12.4 Å². The summed E-state index contributed by atoms with van der Waals surface area (Å²) in [7, 11) is 0. The summed E-state index contributed by atoms with van der Waals surface area (Å²) in [5, 5.41) is 6.00. The molecular weight excluding hydrogens is 153 g/mol. The summed E-state index contributed by atoms with van der Waals surface area (Å²) < 4.78 is 26.9. The quantitative estimate of drug-likeness (QED) is 0.618. The first-order valence-electron chi connectivity index (χ1n) is 1.85. The van der Waals surface area contributed by atoms with E-state index in [1.807, 2.05) is 0 Å². The summed E-state index contributed by atoms with van der Waals surface area (Å²) in [5.74, 6) is -0.634. The van der Waals surface area contributed by atoms with Gasteiger partial charge < -0.3 is 4.42 Å². The average Bonchev–Trinajstić information content (AvgIpc) is 2.12. The third-order valence-electron chi connectivity index (χ3n) is 0.564. The molecule has 0 amide bonds. The van der Waals surface area contributed by atoms with Gasteiger partial charge in [-0.15, -0.1) is 22.6 Å². The lowest BCUT2D eigenvalue weighted by atomic mass is 10.7. The lowest BCUT2D eigenvalue weighted by Gasteiger charge is -1.83. The molecule has 0 aliphatic heterocycles. The van der Waals surface area contributed by atoms with Crippen LogP contribution in [0.4, 0.5) is 8.78 Å². The molecular formula is C3H3ClF2N2O. The van der Waals surface area contributed by atoms with Crippen molar-refractivity contribution in [3.05, 3.63) is 12.3 Å². The lowest BCUT2D eigenvalue weighted by molar-refractivity contribution is 0.115. The molecule has 0 fully saturated rings. The Morgan fingerprint density at radius 1 is 1.56 bits per heavy atom. The summed E-state index contributed by atoms with van der Waals surface area (Å²) in [6.45, 7) is 0. The van der Waals surface area contributed by atoms with Gasteiger partial charge in [-0.1, -0.05) is 0 Å². The van der Waals surface area contributed by atoms with Crippen molar-refractivity contribution >= 4 is 12.4 Å². The smallest absolute Gasteiger partial charge is 0.314 e. The molecule has 0 aliphatic rings. The van der Waals surface area contributed by atoms with Gasteiger partial charge in [0.2, 0.25) is 6.39 Å². The molecule has 1 aromatic heterocycles. The van der Waals surface area contributed by atoms with Crippen molar-refractivity contribution < 1.29 is 13.2 Å². The zero-order valence-corrected chi connectivity index (χ0v) is 4.94. The number of alkyl halides is 2. The third kappa shape index (κ3) is 1.93. The first-order chi connectivity index (χ1) is 3.80. The van der Waals surface area contributed by atoms with E-state index in [4.69, 9.17) is 0 Å². The predicted octanol–water partition coefficient (Wildman–Crippen LogP) is 1.43. The van der Waals surface area contributed by atoms with Crippen molar-refractivity contribution in [2.45, 2.75) is 6.43 Å². The Labute approximate surface area is 55.5 Å². The van der Waals surface area contributed by atoms with Gasteiger partial charge in [-0.05, 0) is 0 Å². The van der Waals surface area contributed by atoms with Crippen LogP contribution in [0, 0.1) is 0 Å². The Kier molecular flexibility index (Phi) is 3.08. The first kappa shape index (κ1) is 8.29. The Morgan fingerprint density at radius 2 is 2.22 bits per heavy atom. The minimum absolute atomic E-state index is 0. The Balaban J connectivity index is 0.000000640. The highest BCUT2D eigenvalue weighted by molar-refractivity contribution is 5.85. The van der Waals surface area contributed by atoms with Gasteiger partial charge in [-0.2, -0.15) is 8.78 Å². The molecule has 1 rings (SSSR count). The lowest BCUT2D eigenvalue weighted by Crippen LogP contribution is -1.81. The monoisotopic (exact) mass is 156 g/mol. The molecule has 0 N–H and O–H groups in total. The third-order valence-corrected chi connectivity index (χ3v) is 0.564. The maximum Gasteiger partial charge on any atom is 0.314 e. The first-order valence-corrected chi connectivity index (χ1v) is 1.85. The molecule has 0 radical (unpaired) electrons. The molecule has 52 valence electrons. The molecule has 0 saturated carbocycles. The van der Waals surface area contributed by atoms with Gasteiger partial charge in [0.15, 0.2) is 0 Å². The topological polar surface area (TPSA) is 38.9 Å². The van der Waals surface area contributed by atoms with Crippen LogP contribution in [0.25, 0.3) is 0 Å². The van der Waals surface area contributed by atoms with Gasteiger partial charge in [0.25, 0.3) is 5.89 Å². The van der Waals surface area contributed by atoms with E-state index in [1.165, 1.54) is 0 Å². The average molecular weight is 157 g/mol. The number of aromatic nitrogens is 2. The van der Waals surface area contributed by atoms with Gasteiger partial charge in [-0.25, -0.2) is 0 Å². The van der Waals surface area contributed by atoms with E-state index in [0.29, 0.717) is 0 Å². The molecule has 0 aliphatic carbocycles. The van der Waals surface area contributed by atoms with Crippen LogP contribution in [-0.4, -0.2) is 10.2 Å². The van der Waals surface area contributed by atoms with Crippen LogP contribution in [0.5, 0.6) is 0 Å². The van der Waals surface area contributed by atoms with Gasteiger partial charge in [-0.3, -0.25) is 0 Å². The van der Waals surface area contributed by atoms with E-state index in [1.54, 1.807) is 0 Å². The van der Waals surface area contributed by atoms with E-state index >= 15 is 0 Å². The fourth-order valence-electron chi connectivity index (χ4n) is 0.277. The van der Waals surface area contributed by atoms with Crippen LogP contribution in [0.15, 0.2) is 10.8 Å². The number of halogens is 3. The molecule has 0 bridgehead atoms. The van der Waals surface area contributed by atoms with Crippen LogP contribution in [0.3, 0.4) is 0 Å². The molecule has 0 spiro atoms. The second-order valence-corrected chi connectivity index (χ2v) is 1.08. The maximum atomic E-state index is 11.4.